The minimum atomic E-state index is -0.518. The van der Waals surface area contributed by atoms with Crippen molar-refractivity contribution in [1.82, 2.24) is 19.4 Å². The van der Waals surface area contributed by atoms with Gasteiger partial charge in [-0.25, -0.2) is 14.2 Å². The highest BCUT2D eigenvalue weighted by Gasteiger charge is 2.34. The fraction of sp³-hybridized carbons (Fsp3) is 0.640. The standard InChI is InChI=1S/C25H35FN4O3S/c1-25(2,3)33-24(32)29-11-6-17(7-12-29)23(31)28-13-8-19(9-14-28)30-21-5-4-18(26)16-20(21)27-22(30)10-15-34/h4-5,16-17,19,34H,6-15H2,1-3H3. The molecule has 2 fully saturated rings. The molecule has 2 saturated heterocycles. The lowest BCUT2D eigenvalue weighted by atomic mass is 9.94. The van der Waals surface area contributed by atoms with Crippen LogP contribution in [0.4, 0.5) is 9.18 Å². The molecule has 1 aromatic heterocycles. The van der Waals surface area contributed by atoms with Gasteiger partial charge in [-0.05, 0) is 64.3 Å². The minimum absolute atomic E-state index is 0.0490. The van der Waals surface area contributed by atoms with Crippen LogP contribution in [0.25, 0.3) is 11.0 Å². The molecule has 2 aromatic rings. The summed E-state index contributed by atoms with van der Waals surface area (Å²) in [5, 5.41) is 0. The summed E-state index contributed by atoms with van der Waals surface area (Å²) in [6.45, 7) is 8.05. The Kier molecular flexibility index (Phi) is 7.40. The lowest BCUT2D eigenvalue weighted by Crippen LogP contribution is -2.47. The Bertz CT molecular complexity index is 1030. The number of nitrogens with zero attached hydrogens (tertiary/aromatic N) is 4. The van der Waals surface area contributed by atoms with Crippen LogP contribution >= 0.6 is 12.6 Å². The van der Waals surface area contributed by atoms with E-state index in [9.17, 15) is 14.0 Å². The molecule has 0 unspecified atom stereocenters. The molecule has 0 aliphatic carbocycles. The molecule has 0 spiro atoms. The molecule has 34 heavy (non-hydrogen) atoms. The van der Waals surface area contributed by atoms with Crippen LogP contribution in [0.15, 0.2) is 18.2 Å². The number of hydrogen-bond donors (Lipinski definition) is 1. The number of amides is 2. The summed E-state index contributed by atoms with van der Waals surface area (Å²) in [5.74, 6) is 1.45. The van der Waals surface area contributed by atoms with Crippen LogP contribution in [0.3, 0.4) is 0 Å². The fourth-order valence-corrected chi connectivity index (χ4v) is 5.24. The van der Waals surface area contributed by atoms with Gasteiger partial charge in [-0.15, -0.1) is 0 Å². The van der Waals surface area contributed by atoms with Gasteiger partial charge in [0.05, 0.1) is 11.0 Å². The molecule has 4 rings (SSSR count). The van der Waals surface area contributed by atoms with Crippen LogP contribution in [0, 0.1) is 11.7 Å². The first-order valence-corrected chi connectivity index (χ1v) is 12.8. The number of likely N-dealkylation sites (tertiary alicyclic amines) is 2. The number of hydrogen-bond acceptors (Lipinski definition) is 5. The van der Waals surface area contributed by atoms with E-state index in [1.54, 1.807) is 11.0 Å². The van der Waals surface area contributed by atoms with Gasteiger partial charge >= 0.3 is 6.09 Å². The van der Waals surface area contributed by atoms with Crippen LogP contribution in [0.5, 0.6) is 0 Å². The Morgan fingerprint density at radius 3 is 2.35 bits per heavy atom. The third-order valence-corrected chi connectivity index (χ3v) is 6.92. The zero-order valence-corrected chi connectivity index (χ0v) is 21.2. The Labute approximate surface area is 206 Å². The number of ether oxygens (including phenoxy) is 1. The van der Waals surface area contributed by atoms with Gasteiger partial charge in [-0.2, -0.15) is 12.6 Å². The van der Waals surface area contributed by atoms with Crippen molar-refractivity contribution < 1.29 is 18.7 Å². The van der Waals surface area contributed by atoms with E-state index in [-0.39, 0.29) is 29.8 Å². The quantitative estimate of drug-likeness (QED) is 0.643. The van der Waals surface area contributed by atoms with Gasteiger partial charge in [0, 0.05) is 50.6 Å². The maximum absolute atomic E-state index is 13.7. The smallest absolute Gasteiger partial charge is 0.410 e. The zero-order valence-electron chi connectivity index (χ0n) is 20.3. The normalized spacial score (nSPS) is 18.5. The average Bonchev–Trinajstić information content (AvgIpc) is 3.15. The molecule has 2 amide bonds. The van der Waals surface area contributed by atoms with E-state index in [2.05, 4.69) is 22.2 Å². The number of carbonyl (C=O) groups is 2. The first kappa shape index (κ1) is 24.8. The summed E-state index contributed by atoms with van der Waals surface area (Å²) in [4.78, 5) is 33.8. The predicted octanol–water partition coefficient (Wildman–Crippen LogP) is 4.46. The van der Waals surface area contributed by atoms with E-state index in [0.29, 0.717) is 50.3 Å². The van der Waals surface area contributed by atoms with Crippen molar-refractivity contribution >= 4 is 35.7 Å². The maximum atomic E-state index is 13.7. The number of fused-ring (bicyclic) bond motifs is 1. The van der Waals surface area contributed by atoms with Gasteiger partial charge in [-0.1, -0.05) is 0 Å². The molecule has 0 bridgehead atoms. The topological polar surface area (TPSA) is 67.7 Å². The average molecular weight is 491 g/mol. The van der Waals surface area contributed by atoms with Gasteiger partial charge in [-0.3, -0.25) is 4.79 Å². The van der Waals surface area contributed by atoms with Gasteiger partial charge in [0.2, 0.25) is 5.91 Å². The van der Waals surface area contributed by atoms with Crippen molar-refractivity contribution in [2.75, 3.05) is 31.9 Å². The van der Waals surface area contributed by atoms with Gasteiger partial charge in [0.25, 0.3) is 0 Å². The fourth-order valence-electron chi connectivity index (χ4n) is 5.04. The molecule has 2 aliphatic heterocycles. The summed E-state index contributed by atoms with van der Waals surface area (Å²) in [7, 11) is 0. The second kappa shape index (κ2) is 10.1. The lowest BCUT2D eigenvalue weighted by molar-refractivity contribution is -0.138. The van der Waals surface area contributed by atoms with Gasteiger partial charge in [0.1, 0.15) is 17.2 Å². The molecular weight excluding hydrogens is 455 g/mol. The highest BCUT2D eigenvalue weighted by atomic mass is 32.1. The monoisotopic (exact) mass is 490 g/mol. The summed E-state index contributed by atoms with van der Waals surface area (Å²) in [6, 6.07) is 4.99. The Balaban J connectivity index is 1.35. The van der Waals surface area contributed by atoms with E-state index in [1.807, 2.05) is 25.7 Å². The van der Waals surface area contributed by atoms with Crippen molar-refractivity contribution in [3.63, 3.8) is 0 Å². The van der Waals surface area contributed by atoms with E-state index in [1.165, 1.54) is 12.1 Å². The number of aryl methyl sites for hydroxylation is 1. The minimum Gasteiger partial charge on any atom is -0.444 e. The second-order valence-corrected chi connectivity index (χ2v) is 10.8. The van der Waals surface area contributed by atoms with Crippen LogP contribution in [0.2, 0.25) is 0 Å². The number of aromatic nitrogens is 2. The van der Waals surface area contributed by atoms with E-state index >= 15 is 0 Å². The van der Waals surface area contributed by atoms with Crippen LogP contribution in [-0.2, 0) is 16.0 Å². The molecular formula is C25H35FN4O3S. The van der Waals surface area contributed by atoms with E-state index in [4.69, 9.17) is 4.74 Å². The highest BCUT2D eigenvalue weighted by molar-refractivity contribution is 7.80. The molecule has 3 heterocycles. The molecule has 0 saturated carbocycles. The third kappa shape index (κ3) is 5.50. The summed E-state index contributed by atoms with van der Waals surface area (Å²) in [5.41, 5.74) is 1.10. The van der Waals surface area contributed by atoms with Crippen molar-refractivity contribution in [2.24, 2.45) is 5.92 Å². The molecule has 0 N–H and O–H groups in total. The van der Waals surface area contributed by atoms with Crippen molar-refractivity contribution in [2.45, 2.75) is 64.5 Å². The molecule has 186 valence electrons. The van der Waals surface area contributed by atoms with Gasteiger partial charge < -0.3 is 19.1 Å². The van der Waals surface area contributed by atoms with Crippen molar-refractivity contribution in [3.05, 3.63) is 29.8 Å². The molecule has 0 atom stereocenters. The number of carbonyl (C=O) groups excluding carboxylic acids is 2. The first-order valence-electron chi connectivity index (χ1n) is 12.2. The second-order valence-electron chi connectivity index (χ2n) is 10.3. The Morgan fingerprint density at radius 1 is 1.09 bits per heavy atom. The highest BCUT2D eigenvalue weighted by Crippen LogP contribution is 2.31. The zero-order chi connectivity index (χ0) is 24.5. The van der Waals surface area contributed by atoms with Crippen LogP contribution in [-0.4, -0.2) is 68.9 Å². The van der Waals surface area contributed by atoms with Gasteiger partial charge in [0.15, 0.2) is 0 Å². The summed E-state index contributed by atoms with van der Waals surface area (Å²) in [6.07, 6.45) is 3.43. The molecule has 7 nitrogen and oxygen atoms in total. The lowest BCUT2D eigenvalue weighted by Gasteiger charge is -2.38. The van der Waals surface area contributed by atoms with E-state index < -0.39 is 5.60 Å². The summed E-state index contributed by atoms with van der Waals surface area (Å²) >= 11 is 4.37. The number of imidazole rings is 1. The first-order chi connectivity index (χ1) is 16.2. The molecule has 0 radical (unpaired) electrons. The largest absolute Gasteiger partial charge is 0.444 e. The third-order valence-electron chi connectivity index (χ3n) is 6.70. The van der Waals surface area contributed by atoms with Crippen molar-refractivity contribution in [3.8, 4) is 0 Å². The Hall–Kier alpha value is -2.29. The molecule has 1 aromatic carbocycles. The number of halogens is 1. The molecule has 9 heteroatoms. The number of thiol groups is 1. The Morgan fingerprint density at radius 2 is 1.74 bits per heavy atom. The number of benzene rings is 1. The maximum Gasteiger partial charge on any atom is 0.410 e. The number of rotatable bonds is 4. The van der Waals surface area contributed by atoms with Crippen molar-refractivity contribution in [1.29, 1.82) is 0 Å². The SMILES string of the molecule is CC(C)(C)OC(=O)N1CCC(C(=O)N2CCC(n3c(CCS)nc4cc(F)ccc43)CC2)CC1. The van der Waals surface area contributed by atoms with Crippen LogP contribution < -0.4 is 0 Å². The van der Waals surface area contributed by atoms with E-state index in [0.717, 1.165) is 30.6 Å². The number of piperidine rings is 2. The summed E-state index contributed by atoms with van der Waals surface area (Å²) < 4.78 is 21.4. The predicted molar refractivity (Wildman–Crippen MR) is 133 cm³/mol. The van der Waals surface area contributed by atoms with Crippen LogP contribution in [0.1, 0.15) is 58.3 Å². The molecule has 2 aliphatic rings.